The lowest BCUT2D eigenvalue weighted by Crippen LogP contribution is -2.79. The molecule has 0 N–H and O–H groups in total. The highest BCUT2D eigenvalue weighted by molar-refractivity contribution is 5.89. The summed E-state index contributed by atoms with van der Waals surface area (Å²) < 4.78 is 310. The quantitative estimate of drug-likeness (QED) is 0.127. The van der Waals surface area contributed by atoms with Crippen molar-refractivity contribution < 1.29 is 111 Å². The van der Waals surface area contributed by atoms with Gasteiger partial charge in [0, 0.05) is 0 Å². The third kappa shape index (κ3) is 4.71. The van der Waals surface area contributed by atoms with Gasteiger partial charge in [0.25, 0.3) is 0 Å². The Hall–Kier alpha value is -2.40. The molecule has 0 bridgehead atoms. The summed E-state index contributed by atoms with van der Waals surface area (Å²) in [6, 6.07) is 0. The standard InChI is InChI=1S/C16H7F23O2/c1-3-41-5(40)4(2)6(17,18)8(20,21)10(24,25)12(28,29)14(32,33)13(30,31)11(26,27)9(22,23)7(19,15(34,35)36)16(37,38)39/h2-3H2,1H3. The molecule has 0 heterocycles. The number of ether oxygens (including phenoxy) is 1. The molecule has 0 aromatic heterocycles. The molecule has 0 aromatic carbocycles. The van der Waals surface area contributed by atoms with Crippen LogP contribution in [0.2, 0.25) is 0 Å². The van der Waals surface area contributed by atoms with E-state index in [4.69, 9.17) is 0 Å². The van der Waals surface area contributed by atoms with Gasteiger partial charge in [0.2, 0.25) is 0 Å². The molecule has 0 atom stereocenters. The van der Waals surface area contributed by atoms with Crippen LogP contribution in [-0.4, -0.2) is 78.0 Å². The predicted molar refractivity (Wildman–Crippen MR) is 81.3 cm³/mol. The molecule has 0 saturated carbocycles. The third-order valence-electron chi connectivity index (χ3n) is 4.88. The molecule has 0 spiro atoms. The fourth-order valence-electron chi connectivity index (χ4n) is 2.45. The fourth-order valence-corrected chi connectivity index (χ4v) is 2.45. The Morgan fingerprint density at radius 1 is 0.488 bits per heavy atom. The van der Waals surface area contributed by atoms with E-state index in [0.717, 1.165) is 0 Å². The summed E-state index contributed by atoms with van der Waals surface area (Å²) in [7, 11) is 0. The number of esters is 1. The van der Waals surface area contributed by atoms with Crippen molar-refractivity contribution in [2.24, 2.45) is 0 Å². The van der Waals surface area contributed by atoms with Crippen LogP contribution in [0.15, 0.2) is 12.2 Å². The Labute approximate surface area is 209 Å². The first kappa shape index (κ1) is 38.6. The Balaban J connectivity index is 7.39. The van der Waals surface area contributed by atoms with E-state index in [9.17, 15) is 106 Å². The first-order valence-corrected chi connectivity index (χ1v) is 9.10. The summed E-state index contributed by atoms with van der Waals surface area (Å²) in [6.45, 7) is 1.22. The molecule has 0 aliphatic heterocycles. The normalized spacial score (nSPS) is 16.1. The van der Waals surface area contributed by atoms with E-state index >= 15 is 0 Å². The maximum atomic E-state index is 13.8. The molecule has 41 heavy (non-hydrogen) atoms. The number of carbonyl (C=O) groups excluding carboxylic acids is 1. The largest absolute Gasteiger partial charge is 0.462 e. The van der Waals surface area contributed by atoms with Crippen molar-refractivity contribution in [1.82, 2.24) is 0 Å². The summed E-state index contributed by atoms with van der Waals surface area (Å²) in [5.74, 6) is -74.8. The summed E-state index contributed by atoms with van der Waals surface area (Å²) in [4.78, 5) is 11.0. The van der Waals surface area contributed by atoms with Crippen LogP contribution in [0.25, 0.3) is 0 Å². The van der Waals surface area contributed by atoms with Crippen molar-refractivity contribution in [3.8, 4) is 0 Å². The van der Waals surface area contributed by atoms with Gasteiger partial charge in [0.1, 0.15) is 5.57 Å². The van der Waals surface area contributed by atoms with Gasteiger partial charge in [-0.25, -0.2) is 9.18 Å². The Morgan fingerprint density at radius 2 is 0.732 bits per heavy atom. The third-order valence-corrected chi connectivity index (χ3v) is 4.88. The van der Waals surface area contributed by atoms with E-state index in [-0.39, 0.29) is 0 Å². The fraction of sp³-hybridized carbons (Fsp3) is 0.812. The highest BCUT2D eigenvalue weighted by Crippen LogP contribution is 2.68. The number of halogens is 23. The van der Waals surface area contributed by atoms with Crippen molar-refractivity contribution in [2.45, 2.75) is 72.3 Å². The zero-order valence-corrected chi connectivity index (χ0v) is 18.4. The smallest absolute Gasteiger partial charge is 0.438 e. The van der Waals surface area contributed by atoms with Crippen molar-refractivity contribution in [1.29, 1.82) is 0 Å². The monoisotopic (exact) mass is 668 g/mol. The maximum absolute atomic E-state index is 13.8. The van der Waals surface area contributed by atoms with Crippen LogP contribution in [0.1, 0.15) is 6.92 Å². The minimum atomic E-state index is -9.55. The number of alkyl halides is 23. The van der Waals surface area contributed by atoms with E-state index in [2.05, 4.69) is 4.74 Å². The van der Waals surface area contributed by atoms with Crippen LogP contribution in [0.4, 0.5) is 101 Å². The SMILES string of the molecule is C=C(C(=O)OCC)C(F)(F)C(F)(F)C(F)(F)C(F)(F)C(F)(F)C(F)(F)C(F)(F)C(F)(F)C(F)(C(F)(F)F)C(F)(F)F. The Kier molecular flexibility index (Phi) is 9.25. The van der Waals surface area contributed by atoms with Gasteiger partial charge in [-0.3, -0.25) is 0 Å². The van der Waals surface area contributed by atoms with Gasteiger partial charge >= 0.3 is 71.4 Å². The summed E-state index contributed by atoms with van der Waals surface area (Å²) in [5, 5.41) is 0. The highest BCUT2D eigenvalue weighted by Gasteiger charge is 3.00. The molecule has 0 rings (SSSR count). The molecule has 0 amide bonds. The number of hydrogen-bond acceptors (Lipinski definition) is 2. The van der Waals surface area contributed by atoms with Gasteiger partial charge < -0.3 is 4.74 Å². The minimum absolute atomic E-state index is 0.673. The Morgan fingerprint density at radius 3 is 0.976 bits per heavy atom. The summed E-state index contributed by atoms with van der Waals surface area (Å²) in [5.41, 5.74) is -12.4. The second-order valence-corrected chi connectivity index (χ2v) is 7.45. The molecule has 0 aromatic rings. The number of carbonyl (C=O) groups is 1. The van der Waals surface area contributed by atoms with Crippen LogP contribution in [0, 0.1) is 0 Å². The first-order chi connectivity index (χ1) is 17.4. The van der Waals surface area contributed by atoms with Crippen LogP contribution in [0.3, 0.4) is 0 Å². The van der Waals surface area contributed by atoms with Gasteiger partial charge in [0.05, 0.1) is 6.61 Å². The Bertz CT molecular complexity index is 986. The van der Waals surface area contributed by atoms with E-state index in [0.29, 0.717) is 6.92 Å². The van der Waals surface area contributed by atoms with Crippen molar-refractivity contribution in [3.05, 3.63) is 12.2 Å². The van der Waals surface area contributed by atoms with Crippen LogP contribution in [-0.2, 0) is 9.53 Å². The van der Waals surface area contributed by atoms with E-state index in [1.165, 1.54) is 0 Å². The second-order valence-electron chi connectivity index (χ2n) is 7.45. The van der Waals surface area contributed by atoms with E-state index in [1.807, 2.05) is 0 Å². The maximum Gasteiger partial charge on any atom is 0.438 e. The molecule has 0 unspecified atom stereocenters. The van der Waals surface area contributed by atoms with E-state index in [1.54, 1.807) is 6.58 Å². The van der Waals surface area contributed by atoms with E-state index < -0.39 is 83.6 Å². The average Bonchev–Trinajstić information content (AvgIpc) is 2.75. The second kappa shape index (κ2) is 9.82. The molecule has 0 aliphatic carbocycles. The van der Waals surface area contributed by atoms with Crippen LogP contribution >= 0.6 is 0 Å². The lowest BCUT2D eigenvalue weighted by Gasteiger charge is -2.46. The average molecular weight is 668 g/mol. The van der Waals surface area contributed by atoms with Gasteiger partial charge in [-0.2, -0.15) is 96.6 Å². The molecule has 0 radical (unpaired) electrons. The van der Waals surface area contributed by atoms with Crippen molar-refractivity contribution >= 4 is 5.97 Å². The molecule has 0 saturated heterocycles. The van der Waals surface area contributed by atoms with Gasteiger partial charge in [-0.05, 0) is 6.92 Å². The molecular weight excluding hydrogens is 661 g/mol. The molecule has 244 valence electrons. The summed E-state index contributed by atoms with van der Waals surface area (Å²) >= 11 is 0. The van der Waals surface area contributed by atoms with Crippen molar-refractivity contribution in [2.75, 3.05) is 6.61 Å². The molecule has 25 heteroatoms. The topological polar surface area (TPSA) is 26.3 Å². The molecule has 0 aliphatic rings. The molecule has 2 nitrogen and oxygen atoms in total. The van der Waals surface area contributed by atoms with Gasteiger partial charge in [0.15, 0.2) is 0 Å². The summed E-state index contributed by atoms with van der Waals surface area (Å²) in [6.07, 6.45) is -17.1. The van der Waals surface area contributed by atoms with Crippen LogP contribution < -0.4 is 0 Å². The van der Waals surface area contributed by atoms with Crippen LogP contribution in [0.5, 0.6) is 0 Å². The number of hydrogen-bond donors (Lipinski definition) is 0. The predicted octanol–water partition coefficient (Wildman–Crippen LogP) is 8.02. The lowest BCUT2D eigenvalue weighted by molar-refractivity contribution is -0.480. The number of rotatable bonds is 11. The minimum Gasteiger partial charge on any atom is -0.462 e. The zero-order valence-electron chi connectivity index (χ0n) is 18.4. The highest BCUT2D eigenvalue weighted by atomic mass is 19.4. The zero-order chi connectivity index (χ0) is 34.1. The first-order valence-electron chi connectivity index (χ1n) is 9.10. The van der Waals surface area contributed by atoms with Gasteiger partial charge in [-0.15, -0.1) is 0 Å². The molecular formula is C16H7F23O2. The molecule has 0 fully saturated rings. The lowest BCUT2D eigenvalue weighted by atomic mass is 9.82. The van der Waals surface area contributed by atoms with Gasteiger partial charge in [-0.1, -0.05) is 6.58 Å². The van der Waals surface area contributed by atoms with Crippen molar-refractivity contribution in [3.63, 3.8) is 0 Å².